The van der Waals surface area contributed by atoms with Crippen LogP contribution in [0.25, 0.3) is 0 Å². The van der Waals surface area contributed by atoms with Gasteiger partial charge >= 0.3 is 6.03 Å². The van der Waals surface area contributed by atoms with Gasteiger partial charge in [-0.3, -0.25) is 0 Å². The van der Waals surface area contributed by atoms with Crippen LogP contribution in [0.5, 0.6) is 0 Å². The van der Waals surface area contributed by atoms with Gasteiger partial charge < -0.3 is 5.73 Å². The minimum absolute atomic E-state index is 0.0998. The van der Waals surface area contributed by atoms with Crippen molar-refractivity contribution in [2.24, 2.45) is 5.73 Å². The molecule has 0 atom stereocenters. The van der Waals surface area contributed by atoms with Crippen LogP contribution in [0.3, 0.4) is 0 Å². The number of amides is 2. The van der Waals surface area contributed by atoms with Gasteiger partial charge in [-0.1, -0.05) is 23.7 Å². The van der Waals surface area contributed by atoms with Crippen LogP contribution in [0, 0.1) is 6.92 Å². The SMILES string of the molecule is Cc1cccc(Cl)c1N(C(N)=O)[SH](=O)=O. The molecule has 2 N–H and O–H groups in total. The number of aryl methyl sites for hydroxylation is 1. The Morgan fingerprint density at radius 2 is 2.07 bits per heavy atom. The van der Waals surface area contributed by atoms with Gasteiger partial charge in [-0.2, -0.15) is 4.31 Å². The molecule has 7 heteroatoms. The van der Waals surface area contributed by atoms with Gasteiger partial charge in [-0.15, -0.1) is 0 Å². The van der Waals surface area contributed by atoms with Gasteiger partial charge in [0.05, 0.1) is 10.7 Å². The van der Waals surface area contributed by atoms with E-state index in [2.05, 4.69) is 0 Å². The minimum Gasteiger partial charge on any atom is -0.350 e. The van der Waals surface area contributed by atoms with Gasteiger partial charge in [0.1, 0.15) is 0 Å². The standard InChI is InChI=1S/C8H9ClN2O3S/c1-5-3-2-4-6(9)7(5)11(8(10)12)15(13)14/h2-4,15H,1H3,(H2,10,12). The number of benzene rings is 1. The molecule has 0 saturated heterocycles. The van der Waals surface area contributed by atoms with Crippen LogP contribution < -0.4 is 10.0 Å². The average molecular weight is 249 g/mol. The van der Waals surface area contributed by atoms with Crippen molar-refractivity contribution in [3.8, 4) is 0 Å². The monoisotopic (exact) mass is 248 g/mol. The van der Waals surface area contributed by atoms with E-state index in [-0.39, 0.29) is 10.7 Å². The number of rotatable bonds is 2. The van der Waals surface area contributed by atoms with E-state index in [1.165, 1.54) is 6.07 Å². The first-order chi connectivity index (χ1) is 6.95. The van der Waals surface area contributed by atoms with Gasteiger partial charge in [0.15, 0.2) is 0 Å². The predicted molar refractivity (Wildman–Crippen MR) is 58.6 cm³/mol. The first-order valence-electron chi connectivity index (χ1n) is 3.94. The van der Waals surface area contributed by atoms with Crippen LogP contribution in [0.4, 0.5) is 10.5 Å². The van der Waals surface area contributed by atoms with Crippen molar-refractivity contribution < 1.29 is 13.2 Å². The Bertz CT molecular complexity index is 445. The lowest BCUT2D eigenvalue weighted by molar-refractivity contribution is 0.257. The predicted octanol–water partition coefficient (Wildman–Crippen LogP) is 1.06. The van der Waals surface area contributed by atoms with E-state index in [9.17, 15) is 13.2 Å². The maximum atomic E-state index is 11.0. The third-order valence-corrected chi connectivity index (χ3v) is 2.80. The summed E-state index contributed by atoms with van der Waals surface area (Å²) < 4.78 is 22.2. The molecule has 0 spiro atoms. The molecular formula is C8H9ClN2O3S. The molecule has 0 aliphatic carbocycles. The molecule has 0 aliphatic rings. The number of para-hydroxylation sites is 1. The Hall–Kier alpha value is -1.27. The molecule has 0 bridgehead atoms. The van der Waals surface area contributed by atoms with Crippen molar-refractivity contribution in [1.82, 2.24) is 0 Å². The highest BCUT2D eigenvalue weighted by Crippen LogP contribution is 2.29. The summed E-state index contributed by atoms with van der Waals surface area (Å²) in [6.07, 6.45) is 0. The average Bonchev–Trinajstić information content (AvgIpc) is 2.09. The zero-order valence-electron chi connectivity index (χ0n) is 7.81. The Morgan fingerprint density at radius 1 is 1.47 bits per heavy atom. The third kappa shape index (κ3) is 2.40. The number of nitrogens with zero attached hydrogens (tertiary/aromatic N) is 1. The molecule has 82 valence electrons. The summed E-state index contributed by atoms with van der Waals surface area (Å²) in [5.41, 5.74) is 5.61. The van der Waals surface area contributed by atoms with E-state index in [0.29, 0.717) is 9.87 Å². The van der Waals surface area contributed by atoms with Crippen LogP contribution >= 0.6 is 11.6 Å². The molecule has 0 aliphatic heterocycles. The summed E-state index contributed by atoms with van der Waals surface area (Å²) in [5, 5.41) is 0.160. The summed E-state index contributed by atoms with van der Waals surface area (Å²) in [7, 11) is -3.14. The van der Waals surface area contributed by atoms with Gasteiger partial charge in [0.25, 0.3) is 0 Å². The second-order valence-electron chi connectivity index (χ2n) is 2.79. The highest BCUT2D eigenvalue weighted by atomic mass is 35.5. The second-order valence-corrected chi connectivity index (χ2v) is 4.08. The molecule has 15 heavy (non-hydrogen) atoms. The maximum absolute atomic E-state index is 11.0. The summed E-state index contributed by atoms with van der Waals surface area (Å²) in [6.45, 7) is 1.63. The lowest BCUT2D eigenvalue weighted by Crippen LogP contribution is -2.35. The Labute approximate surface area is 93.5 Å². The molecule has 1 aromatic rings. The topological polar surface area (TPSA) is 80.5 Å². The number of carbonyl (C=O) groups is 1. The fourth-order valence-corrected chi connectivity index (χ4v) is 2.12. The molecule has 0 saturated carbocycles. The molecule has 0 aromatic heterocycles. The van der Waals surface area contributed by atoms with E-state index >= 15 is 0 Å². The largest absolute Gasteiger partial charge is 0.350 e. The van der Waals surface area contributed by atoms with Crippen LogP contribution in [0.2, 0.25) is 5.02 Å². The number of urea groups is 1. The van der Waals surface area contributed by atoms with Crippen molar-refractivity contribution in [3.63, 3.8) is 0 Å². The number of nitrogens with two attached hydrogens (primary N) is 1. The van der Waals surface area contributed by atoms with Gasteiger partial charge in [-0.25, -0.2) is 13.2 Å². The molecule has 0 fully saturated rings. The Morgan fingerprint density at radius 3 is 2.47 bits per heavy atom. The summed E-state index contributed by atoms with van der Waals surface area (Å²) in [6, 6.07) is 3.69. The number of thiol groups is 1. The van der Waals surface area contributed by atoms with Gasteiger partial charge in [-0.05, 0) is 18.6 Å². The van der Waals surface area contributed by atoms with Crippen LogP contribution in [0.15, 0.2) is 18.2 Å². The number of anilines is 1. The highest BCUT2D eigenvalue weighted by Gasteiger charge is 2.19. The van der Waals surface area contributed by atoms with E-state index < -0.39 is 16.9 Å². The lowest BCUT2D eigenvalue weighted by Gasteiger charge is -2.16. The van der Waals surface area contributed by atoms with Crippen molar-refractivity contribution in [2.75, 3.05) is 4.31 Å². The number of carbonyl (C=O) groups excluding carboxylic acids is 1. The zero-order valence-corrected chi connectivity index (χ0v) is 9.46. The van der Waals surface area contributed by atoms with Crippen LogP contribution in [-0.2, 0) is 10.9 Å². The van der Waals surface area contributed by atoms with Gasteiger partial charge in [0.2, 0.25) is 10.9 Å². The molecule has 5 nitrogen and oxygen atoms in total. The third-order valence-electron chi connectivity index (χ3n) is 1.77. The molecule has 0 heterocycles. The van der Waals surface area contributed by atoms with Crippen molar-refractivity contribution in [3.05, 3.63) is 28.8 Å². The van der Waals surface area contributed by atoms with E-state index in [1.807, 2.05) is 0 Å². The maximum Gasteiger partial charge on any atom is 0.333 e. The smallest absolute Gasteiger partial charge is 0.333 e. The first-order valence-corrected chi connectivity index (χ1v) is 5.45. The fraction of sp³-hybridized carbons (Fsp3) is 0.125. The molecule has 1 rings (SSSR count). The van der Waals surface area contributed by atoms with E-state index in [1.54, 1.807) is 19.1 Å². The van der Waals surface area contributed by atoms with Crippen LogP contribution in [0.1, 0.15) is 5.56 Å². The normalized spacial score (nSPS) is 10.3. The van der Waals surface area contributed by atoms with E-state index in [0.717, 1.165) is 0 Å². The lowest BCUT2D eigenvalue weighted by atomic mass is 10.2. The molecule has 0 unspecified atom stereocenters. The van der Waals surface area contributed by atoms with Crippen LogP contribution in [-0.4, -0.2) is 14.4 Å². The second kappa shape index (κ2) is 4.50. The fourth-order valence-electron chi connectivity index (χ4n) is 1.16. The minimum atomic E-state index is -3.14. The Kier molecular flexibility index (Phi) is 3.54. The quantitative estimate of drug-likeness (QED) is 0.768. The number of primary amides is 1. The summed E-state index contributed by atoms with van der Waals surface area (Å²) >= 11 is 5.80. The van der Waals surface area contributed by atoms with Crippen molar-refractivity contribution in [2.45, 2.75) is 6.92 Å². The Balaban J connectivity index is 3.41. The van der Waals surface area contributed by atoms with Gasteiger partial charge in [0, 0.05) is 0 Å². The number of halogens is 1. The first kappa shape index (κ1) is 11.8. The molecule has 1 aromatic carbocycles. The number of hydrogen-bond donors (Lipinski definition) is 2. The highest BCUT2D eigenvalue weighted by molar-refractivity contribution is 7.75. The zero-order chi connectivity index (χ0) is 11.6. The van der Waals surface area contributed by atoms with E-state index in [4.69, 9.17) is 17.3 Å². The number of hydrogen-bond acceptors (Lipinski definition) is 3. The van der Waals surface area contributed by atoms with Crippen molar-refractivity contribution in [1.29, 1.82) is 0 Å². The summed E-state index contributed by atoms with van der Waals surface area (Å²) in [4.78, 5) is 11.0. The van der Waals surface area contributed by atoms with Crippen molar-refractivity contribution >= 4 is 34.2 Å². The summed E-state index contributed by atoms with van der Waals surface area (Å²) in [5.74, 6) is 0. The molecular weight excluding hydrogens is 240 g/mol. The molecule has 0 radical (unpaired) electrons. The molecule has 2 amide bonds.